The van der Waals surface area contributed by atoms with Crippen LogP contribution in [0.1, 0.15) is 33.4 Å². The van der Waals surface area contributed by atoms with Gasteiger partial charge in [0.15, 0.2) is 0 Å². The summed E-state index contributed by atoms with van der Waals surface area (Å²) in [5.41, 5.74) is 16.0. The Kier molecular flexibility index (Phi) is 7.65. The van der Waals surface area contributed by atoms with Crippen molar-refractivity contribution in [2.75, 3.05) is 0 Å². The van der Waals surface area contributed by atoms with E-state index in [1.807, 2.05) is 48.4 Å². The second kappa shape index (κ2) is 13.9. The lowest BCUT2D eigenvalue weighted by Crippen LogP contribution is -2.33. The van der Waals surface area contributed by atoms with Crippen molar-refractivity contribution >= 4 is 77.2 Å². The summed E-state index contributed by atoms with van der Waals surface area (Å²) >= 11 is 1.81. The third-order valence-electron chi connectivity index (χ3n) is 14.6. The summed E-state index contributed by atoms with van der Waals surface area (Å²) in [6, 6.07) is 71.4. The summed E-state index contributed by atoms with van der Waals surface area (Å²) in [6.07, 6.45) is 3.88. The maximum atomic E-state index is 9.99. The number of nitriles is 2. The predicted molar refractivity (Wildman–Crippen MR) is 276 cm³/mol. The Hall–Kier alpha value is -9.21. The number of hydrogen-bond donors (Lipinski definition) is 0. The first-order valence-corrected chi connectivity index (χ1v) is 23.7. The molecule has 5 aromatic heterocycles. The van der Waals surface area contributed by atoms with Gasteiger partial charge in [-0.05, 0) is 108 Å². The molecule has 0 saturated heterocycles. The number of benzene rings is 8. The highest BCUT2D eigenvalue weighted by atomic mass is 32.2. The van der Waals surface area contributed by atoms with E-state index in [9.17, 15) is 10.5 Å². The number of fused-ring (bicyclic) bond motifs is 18. The van der Waals surface area contributed by atoms with Crippen LogP contribution in [0.5, 0.6) is 0 Å². The molecule has 1 aliphatic carbocycles. The summed E-state index contributed by atoms with van der Waals surface area (Å²) in [4.78, 5) is 12.9. The normalized spacial score (nSPS) is 14.6. The molecule has 1 unspecified atom stereocenters. The molecule has 6 heterocycles. The molecule has 69 heavy (non-hydrogen) atoms. The Morgan fingerprint density at radius 3 is 1.58 bits per heavy atom. The van der Waals surface area contributed by atoms with E-state index in [-0.39, 0.29) is 0 Å². The molecule has 0 fully saturated rings. The minimum absolute atomic E-state index is 0.621. The van der Waals surface area contributed by atoms with Gasteiger partial charge in [0.25, 0.3) is 0 Å². The van der Waals surface area contributed by atoms with Gasteiger partial charge in [-0.2, -0.15) is 10.5 Å². The average molecular weight is 896 g/mol. The molecule has 13 aromatic rings. The van der Waals surface area contributed by atoms with Gasteiger partial charge in [0.2, 0.25) is 0 Å². The van der Waals surface area contributed by atoms with Crippen molar-refractivity contribution in [1.82, 2.24) is 23.7 Å². The Balaban J connectivity index is 1.07. The fourth-order valence-corrected chi connectivity index (χ4v) is 13.2. The Bertz CT molecular complexity index is 4470. The zero-order valence-corrected chi connectivity index (χ0v) is 37.4. The van der Waals surface area contributed by atoms with Crippen LogP contribution in [-0.2, 0) is 5.41 Å². The molecule has 0 radical (unpaired) electrons. The minimum atomic E-state index is -0.880. The minimum Gasteiger partial charge on any atom is -0.309 e. The number of rotatable bonds is 3. The monoisotopic (exact) mass is 895 g/mol. The zero-order valence-electron chi connectivity index (χ0n) is 36.6. The van der Waals surface area contributed by atoms with Crippen LogP contribution in [-0.4, -0.2) is 23.7 Å². The van der Waals surface area contributed by atoms with Crippen LogP contribution in [0, 0.1) is 22.7 Å². The molecule has 8 aromatic carbocycles. The number of nitrogens with zero attached hydrogens (tertiary/aromatic N) is 7. The first-order chi connectivity index (χ1) is 34.1. The first kappa shape index (κ1) is 38.0. The van der Waals surface area contributed by atoms with Crippen LogP contribution in [0.4, 0.5) is 0 Å². The highest BCUT2D eigenvalue weighted by Crippen LogP contribution is 2.63. The molecule has 7 nitrogen and oxygen atoms in total. The lowest BCUT2D eigenvalue weighted by atomic mass is 9.67. The van der Waals surface area contributed by atoms with Crippen LogP contribution in [0.3, 0.4) is 0 Å². The fourth-order valence-electron chi connectivity index (χ4n) is 11.9. The number of para-hydroxylation sites is 4. The molecule has 8 heteroatoms. The highest BCUT2D eigenvalue weighted by Gasteiger charge is 2.53. The molecule has 318 valence electrons. The van der Waals surface area contributed by atoms with E-state index in [0.717, 1.165) is 110 Å². The Labute approximate surface area is 399 Å². The Morgan fingerprint density at radius 1 is 0.406 bits per heavy atom. The van der Waals surface area contributed by atoms with Crippen LogP contribution < -0.4 is 0 Å². The van der Waals surface area contributed by atoms with E-state index in [4.69, 9.17) is 9.97 Å². The van der Waals surface area contributed by atoms with Gasteiger partial charge in [-0.3, -0.25) is 9.97 Å². The standard InChI is InChI=1S/C61H33N7S/c62-33-36-22-26-53-44(29-36)42-13-3-5-16-49(42)66(53)38-24-25-46-57(32-38)69-56-21-9-20-55(68-51-18-7-1-11-40(51)41-12-2-8-19-52(41)68)58(56)61(46)47-15-10-28-64-59(47)60-48(61)31-39(35-65-60)67-50-17-6-4-14-43(50)45-30-37(34-63)23-27-54(45)67/h1-32,35H. The molecule has 0 amide bonds. The van der Waals surface area contributed by atoms with Crippen molar-refractivity contribution in [3.8, 4) is 40.6 Å². The maximum absolute atomic E-state index is 9.99. The summed E-state index contributed by atoms with van der Waals surface area (Å²) in [7, 11) is 0. The summed E-state index contributed by atoms with van der Waals surface area (Å²) in [5, 5.41) is 26.6. The third kappa shape index (κ3) is 4.95. The maximum Gasteiger partial charge on any atom is 0.0991 e. The van der Waals surface area contributed by atoms with Crippen molar-refractivity contribution in [1.29, 1.82) is 10.5 Å². The Morgan fingerprint density at radius 2 is 0.957 bits per heavy atom. The van der Waals surface area contributed by atoms with Gasteiger partial charge in [0, 0.05) is 65.1 Å². The van der Waals surface area contributed by atoms with Crippen LogP contribution in [0.15, 0.2) is 210 Å². The van der Waals surface area contributed by atoms with Crippen molar-refractivity contribution in [3.63, 3.8) is 0 Å². The van der Waals surface area contributed by atoms with Gasteiger partial charge < -0.3 is 13.7 Å². The van der Waals surface area contributed by atoms with E-state index in [0.29, 0.717) is 11.1 Å². The largest absolute Gasteiger partial charge is 0.309 e. The highest BCUT2D eigenvalue weighted by molar-refractivity contribution is 7.99. The van der Waals surface area contributed by atoms with E-state index in [2.05, 4.69) is 190 Å². The van der Waals surface area contributed by atoms with Crippen molar-refractivity contribution in [2.45, 2.75) is 15.2 Å². The topological polar surface area (TPSA) is 88.2 Å². The molecule has 0 N–H and O–H groups in total. The van der Waals surface area contributed by atoms with Gasteiger partial charge >= 0.3 is 0 Å². The molecule has 0 bridgehead atoms. The quantitative estimate of drug-likeness (QED) is 0.176. The molecule has 2 aliphatic rings. The van der Waals surface area contributed by atoms with Crippen LogP contribution >= 0.6 is 11.8 Å². The number of pyridine rings is 2. The fraction of sp³-hybridized carbons (Fsp3) is 0.0164. The van der Waals surface area contributed by atoms with Gasteiger partial charge in [-0.25, -0.2) is 0 Å². The van der Waals surface area contributed by atoms with Crippen molar-refractivity contribution in [2.24, 2.45) is 0 Å². The third-order valence-corrected chi connectivity index (χ3v) is 15.7. The van der Waals surface area contributed by atoms with E-state index >= 15 is 0 Å². The van der Waals surface area contributed by atoms with Crippen LogP contribution in [0.2, 0.25) is 0 Å². The van der Waals surface area contributed by atoms with E-state index in [1.165, 1.54) is 16.3 Å². The van der Waals surface area contributed by atoms with Gasteiger partial charge in [-0.15, -0.1) is 0 Å². The number of aromatic nitrogens is 5. The molecule has 0 saturated carbocycles. The molecule has 1 aliphatic heterocycles. The first-order valence-electron chi connectivity index (χ1n) is 22.9. The van der Waals surface area contributed by atoms with Crippen molar-refractivity contribution in [3.05, 3.63) is 234 Å². The van der Waals surface area contributed by atoms with E-state index < -0.39 is 5.41 Å². The summed E-state index contributed by atoms with van der Waals surface area (Å²) in [6.45, 7) is 0. The molecule has 1 spiro atoms. The van der Waals surface area contributed by atoms with Gasteiger partial charge in [0.1, 0.15) is 0 Å². The van der Waals surface area contributed by atoms with Gasteiger partial charge in [-0.1, -0.05) is 103 Å². The SMILES string of the molecule is N#Cc1ccc2c(c1)c1ccccc1n2-c1ccc2c(c1)Sc1cccc(-n3c4ccccc4c4ccccc43)c1C21c2cccnc2-c2ncc(-n3c4ccccc4c4cc(C#N)ccc43)cc21. The second-order valence-electron chi connectivity index (χ2n) is 17.9. The molecular formula is C61H33N7S. The summed E-state index contributed by atoms with van der Waals surface area (Å²) in [5.74, 6) is 0. The molecular weight excluding hydrogens is 863 g/mol. The predicted octanol–water partition coefficient (Wildman–Crippen LogP) is 14.3. The molecule has 15 rings (SSSR count). The lowest BCUT2D eigenvalue weighted by Gasteiger charge is -2.41. The number of hydrogen-bond acceptors (Lipinski definition) is 5. The van der Waals surface area contributed by atoms with E-state index in [1.54, 1.807) is 0 Å². The van der Waals surface area contributed by atoms with Crippen LogP contribution in [0.25, 0.3) is 93.9 Å². The van der Waals surface area contributed by atoms with Gasteiger partial charge in [0.05, 0.1) is 90.7 Å². The smallest absolute Gasteiger partial charge is 0.0991 e. The lowest BCUT2D eigenvalue weighted by molar-refractivity contribution is 0.711. The summed E-state index contributed by atoms with van der Waals surface area (Å²) < 4.78 is 7.09. The average Bonchev–Trinajstić information content (AvgIpc) is 4.12. The molecule has 1 atom stereocenters. The second-order valence-corrected chi connectivity index (χ2v) is 19.0. The van der Waals surface area contributed by atoms with Crippen molar-refractivity contribution < 1.29 is 0 Å². The zero-order chi connectivity index (χ0) is 45.5.